The van der Waals surface area contributed by atoms with E-state index in [1.807, 2.05) is 30.3 Å². The van der Waals surface area contributed by atoms with E-state index in [-0.39, 0.29) is 18.2 Å². The fourth-order valence-corrected chi connectivity index (χ4v) is 1.70. The van der Waals surface area contributed by atoms with Gasteiger partial charge in [-0.3, -0.25) is 0 Å². The van der Waals surface area contributed by atoms with E-state index in [9.17, 15) is 4.39 Å². The third-order valence-corrected chi connectivity index (χ3v) is 2.65. The second-order valence-electron chi connectivity index (χ2n) is 3.87. The van der Waals surface area contributed by atoms with Crippen molar-refractivity contribution in [3.05, 3.63) is 59.4 Å². The highest BCUT2D eigenvalue weighted by atomic mass is 35.5. The predicted molar refractivity (Wildman–Crippen MR) is 71.7 cm³/mol. The molecular formula is C14H15ClFN. The van der Waals surface area contributed by atoms with Crippen molar-refractivity contribution in [1.82, 2.24) is 0 Å². The minimum atomic E-state index is -0.168. The summed E-state index contributed by atoms with van der Waals surface area (Å²) >= 11 is 0. The van der Waals surface area contributed by atoms with Gasteiger partial charge >= 0.3 is 0 Å². The Morgan fingerprint density at radius 2 is 1.76 bits per heavy atom. The summed E-state index contributed by atoms with van der Waals surface area (Å²) in [5.74, 6) is -0.168. The highest BCUT2D eigenvalue weighted by Gasteiger charge is 2.02. The molecule has 0 aliphatic heterocycles. The fourth-order valence-electron chi connectivity index (χ4n) is 1.70. The number of hydrogen-bond acceptors (Lipinski definition) is 1. The number of halogens is 2. The molecule has 1 nitrogen and oxygen atoms in total. The number of nitrogens with two attached hydrogens (primary N) is 1. The summed E-state index contributed by atoms with van der Waals surface area (Å²) in [7, 11) is 0. The molecule has 2 aromatic carbocycles. The van der Waals surface area contributed by atoms with E-state index < -0.39 is 0 Å². The Kier molecular flexibility index (Phi) is 4.67. The van der Waals surface area contributed by atoms with Crippen LogP contribution in [-0.2, 0) is 6.54 Å². The molecule has 0 unspecified atom stereocenters. The van der Waals surface area contributed by atoms with Crippen molar-refractivity contribution in [3.63, 3.8) is 0 Å². The minimum absolute atomic E-state index is 0. The molecular weight excluding hydrogens is 237 g/mol. The third kappa shape index (κ3) is 3.05. The van der Waals surface area contributed by atoms with Gasteiger partial charge < -0.3 is 5.73 Å². The van der Waals surface area contributed by atoms with E-state index >= 15 is 0 Å². The van der Waals surface area contributed by atoms with Crippen LogP contribution in [0.2, 0.25) is 0 Å². The highest BCUT2D eigenvalue weighted by molar-refractivity contribution is 5.85. The lowest BCUT2D eigenvalue weighted by Crippen LogP contribution is -1.95. The van der Waals surface area contributed by atoms with Crippen LogP contribution in [0.15, 0.2) is 42.5 Å². The normalized spacial score (nSPS) is 9.82. The molecule has 0 fully saturated rings. The minimum Gasteiger partial charge on any atom is -0.326 e. The van der Waals surface area contributed by atoms with Gasteiger partial charge in [-0.15, -0.1) is 12.4 Å². The van der Waals surface area contributed by atoms with Crippen LogP contribution in [0.3, 0.4) is 0 Å². The SMILES string of the molecule is Cc1cc(-c2cccc(CN)c2)ccc1F.Cl. The Balaban J connectivity index is 0.00000144. The zero-order chi connectivity index (χ0) is 11.5. The quantitative estimate of drug-likeness (QED) is 0.866. The molecule has 2 rings (SSSR count). The van der Waals surface area contributed by atoms with Gasteiger partial charge in [0.25, 0.3) is 0 Å². The van der Waals surface area contributed by atoms with Crippen LogP contribution in [0.25, 0.3) is 11.1 Å². The van der Waals surface area contributed by atoms with Crippen molar-refractivity contribution < 1.29 is 4.39 Å². The Bertz CT molecular complexity index is 511. The van der Waals surface area contributed by atoms with Crippen LogP contribution in [0.5, 0.6) is 0 Å². The van der Waals surface area contributed by atoms with E-state index in [4.69, 9.17) is 5.73 Å². The molecule has 3 heteroatoms. The lowest BCUT2D eigenvalue weighted by molar-refractivity contribution is 0.619. The zero-order valence-electron chi connectivity index (χ0n) is 9.61. The summed E-state index contributed by atoms with van der Waals surface area (Å²) in [6.45, 7) is 2.29. The Labute approximate surface area is 107 Å². The Hall–Kier alpha value is -1.38. The molecule has 0 spiro atoms. The van der Waals surface area contributed by atoms with Gasteiger partial charge in [0.15, 0.2) is 0 Å². The van der Waals surface area contributed by atoms with E-state index in [1.165, 1.54) is 6.07 Å². The molecule has 17 heavy (non-hydrogen) atoms. The summed E-state index contributed by atoms with van der Waals surface area (Å²) in [5.41, 5.74) is 9.43. The molecule has 0 atom stereocenters. The zero-order valence-corrected chi connectivity index (χ0v) is 10.4. The Morgan fingerprint density at radius 3 is 2.41 bits per heavy atom. The second kappa shape index (κ2) is 5.80. The molecule has 2 aromatic rings. The van der Waals surface area contributed by atoms with Gasteiger partial charge in [-0.2, -0.15) is 0 Å². The van der Waals surface area contributed by atoms with Gasteiger partial charge in [0, 0.05) is 6.54 Å². The standard InChI is InChI=1S/C14H14FN.ClH/c1-10-7-13(5-6-14(10)15)12-4-2-3-11(8-12)9-16;/h2-8H,9,16H2,1H3;1H. The second-order valence-corrected chi connectivity index (χ2v) is 3.87. The first-order chi connectivity index (χ1) is 7.70. The molecule has 0 bridgehead atoms. The van der Waals surface area contributed by atoms with Gasteiger partial charge in [-0.25, -0.2) is 4.39 Å². The molecule has 0 heterocycles. The molecule has 0 radical (unpaired) electrons. The first-order valence-electron chi connectivity index (χ1n) is 5.26. The number of benzene rings is 2. The maximum atomic E-state index is 13.1. The molecule has 90 valence electrons. The van der Waals surface area contributed by atoms with Crippen molar-refractivity contribution in [1.29, 1.82) is 0 Å². The number of rotatable bonds is 2. The lowest BCUT2D eigenvalue weighted by Gasteiger charge is -2.05. The van der Waals surface area contributed by atoms with Gasteiger partial charge in [0.05, 0.1) is 0 Å². The van der Waals surface area contributed by atoms with Crippen LogP contribution < -0.4 is 5.73 Å². The monoisotopic (exact) mass is 251 g/mol. The molecule has 0 saturated carbocycles. The summed E-state index contributed by atoms with van der Waals surface area (Å²) in [6, 6.07) is 13.1. The number of aryl methyl sites for hydroxylation is 1. The van der Waals surface area contributed by atoms with Crippen LogP contribution in [0, 0.1) is 12.7 Å². The number of hydrogen-bond donors (Lipinski definition) is 1. The smallest absolute Gasteiger partial charge is 0.126 e. The van der Waals surface area contributed by atoms with Gasteiger partial charge in [-0.05, 0) is 47.4 Å². The predicted octanol–water partition coefficient (Wildman–Crippen LogP) is 3.68. The van der Waals surface area contributed by atoms with Crippen molar-refractivity contribution in [2.45, 2.75) is 13.5 Å². The summed E-state index contributed by atoms with van der Waals surface area (Å²) in [4.78, 5) is 0. The molecule has 2 N–H and O–H groups in total. The van der Waals surface area contributed by atoms with E-state index in [2.05, 4.69) is 0 Å². The summed E-state index contributed by atoms with van der Waals surface area (Å²) in [5, 5.41) is 0. The maximum Gasteiger partial charge on any atom is 0.126 e. The first kappa shape index (κ1) is 13.7. The lowest BCUT2D eigenvalue weighted by atomic mass is 10.0. The maximum absolute atomic E-state index is 13.1. The van der Waals surface area contributed by atoms with Crippen LogP contribution >= 0.6 is 12.4 Å². The van der Waals surface area contributed by atoms with Crippen molar-refractivity contribution in [2.75, 3.05) is 0 Å². The molecule has 0 aromatic heterocycles. The van der Waals surface area contributed by atoms with Crippen LogP contribution in [-0.4, -0.2) is 0 Å². The van der Waals surface area contributed by atoms with E-state index in [1.54, 1.807) is 13.0 Å². The van der Waals surface area contributed by atoms with E-state index in [0.717, 1.165) is 16.7 Å². The fraction of sp³-hybridized carbons (Fsp3) is 0.143. The van der Waals surface area contributed by atoms with E-state index in [0.29, 0.717) is 12.1 Å². The van der Waals surface area contributed by atoms with Gasteiger partial charge in [-0.1, -0.05) is 24.3 Å². The highest BCUT2D eigenvalue weighted by Crippen LogP contribution is 2.22. The average Bonchev–Trinajstić information content (AvgIpc) is 2.33. The third-order valence-electron chi connectivity index (χ3n) is 2.65. The van der Waals surface area contributed by atoms with Crippen LogP contribution in [0.1, 0.15) is 11.1 Å². The average molecular weight is 252 g/mol. The van der Waals surface area contributed by atoms with Crippen molar-refractivity contribution in [3.8, 4) is 11.1 Å². The summed E-state index contributed by atoms with van der Waals surface area (Å²) < 4.78 is 13.1. The van der Waals surface area contributed by atoms with Gasteiger partial charge in [0.1, 0.15) is 5.82 Å². The molecule has 0 aliphatic carbocycles. The molecule has 0 saturated heterocycles. The molecule has 0 aliphatic rings. The largest absolute Gasteiger partial charge is 0.326 e. The van der Waals surface area contributed by atoms with Crippen molar-refractivity contribution >= 4 is 12.4 Å². The van der Waals surface area contributed by atoms with Crippen molar-refractivity contribution in [2.24, 2.45) is 5.73 Å². The van der Waals surface area contributed by atoms with Crippen LogP contribution in [0.4, 0.5) is 4.39 Å². The Morgan fingerprint density at radius 1 is 1.06 bits per heavy atom. The first-order valence-corrected chi connectivity index (χ1v) is 5.26. The summed E-state index contributed by atoms with van der Waals surface area (Å²) in [6.07, 6.45) is 0. The van der Waals surface area contributed by atoms with Gasteiger partial charge in [0.2, 0.25) is 0 Å². The molecule has 0 amide bonds. The topological polar surface area (TPSA) is 26.0 Å².